The van der Waals surface area contributed by atoms with Gasteiger partial charge in [0.15, 0.2) is 5.82 Å². The van der Waals surface area contributed by atoms with Crippen molar-refractivity contribution in [1.82, 2.24) is 20.2 Å². The Bertz CT molecular complexity index is 764. The molecule has 1 aromatic heterocycles. The molecule has 0 atom stereocenters. The first kappa shape index (κ1) is 13.6. The minimum Gasteiger partial charge on any atom is -0.399 e. The zero-order valence-corrected chi connectivity index (χ0v) is 12.2. The van der Waals surface area contributed by atoms with Crippen LogP contribution in [0.15, 0.2) is 42.5 Å². The summed E-state index contributed by atoms with van der Waals surface area (Å²) in [6.45, 7) is 2.59. The summed E-state index contributed by atoms with van der Waals surface area (Å²) in [6, 6.07) is 13.3. The molecule has 0 aliphatic carbocycles. The zero-order valence-electron chi connectivity index (χ0n) is 11.5. The summed E-state index contributed by atoms with van der Waals surface area (Å²) in [4.78, 5) is 0. The fourth-order valence-electron chi connectivity index (χ4n) is 2.15. The van der Waals surface area contributed by atoms with Gasteiger partial charge in [-0.25, -0.2) is 4.68 Å². The molecule has 0 fully saturated rings. The highest BCUT2D eigenvalue weighted by Gasteiger charge is 2.12. The number of hydrogen-bond donors (Lipinski definition) is 1. The molecule has 0 saturated carbocycles. The number of halogens is 1. The van der Waals surface area contributed by atoms with E-state index in [0.717, 1.165) is 16.7 Å². The Balaban J connectivity index is 1.97. The summed E-state index contributed by atoms with van der Waals surface area (Å²) in [5.74, 6) is 0.703. The number of aryl methyl sites for hydroxylation is 1. The number of tetrazole rings is 1. The van der Waals surface area contributed by atoms with E-state index in [1.165, 1.54) is 0 Å². The lowest BCUT2D eigenvalue weighted by molar-refractivity contribution is 0.653. The van der Waals surface area contributed by atoms with E-state index in [4.69, 9.17) is 17.3 Å². The maximum atomic E-state index is 5.90. The van der Waals surface area contributed by atoms with Crippen LogP contribution in [-0.4, -0.2) is 20.2 Å². The van der Waals surface area contributed by atoms with Crippen LogP contribution in [0.2, 0.25) is 5.02 Å². The second-order valence-corrected chi connectivity index (χ2v) is 5.30. The van der Waals surface area contributed by atoms with Crippen molar-refractivity contribution in [3.8, 4) is 11.4 Å². The van der Waals surface area contributed by atoms with Crippen molar-refractivity contribution in [3.05, 3.63) is 58.6 Å². The van der Waals surface area contributed by atoms with Gasteiger partial charge >= 0.3 is 0 Å². The molecule has 0 aliphatic heterocycles. The maximum Gasteiger partial charge on any atom is 0.182 e. The summed E-state index contributed by atoms with van der Waals surface area (Å²) < 4.78 is 1.75. The van der Waals surface area contributed by atoms with Gasteiger partial charge in [-0.05, 0) is 52.7 Å². The lowest BCUT2D eigenvalue weighted by Gasteiger charge is -2.08. The number of benzene rings is 2. The van der Waals surface area contributed by atoms with Crippen molar-refractivity contribution in [2.45, 2.75) is 13.5 Å². The Morgan fingerprint density at radius 2 is 1.90 bits per heavy atom. The monoisotopic (exact) mass is 299 g/mol. The predicted octanol–water partition coefficient (Wildman–Crippen LogP) is 2.93. The van der Waals surface area contributed by atoms with Crippen LogP contribution in [0.3, 0.4) is 0 Å². The van der Waals surface area contributed by atoms with Gasteiger partial charge in [-0.2, -0.15) is 0 Å². The molecule has 2 N–H and O–H groups in total. The minimum atomic E-state index is 0.577. The molecule has 2 aromatic carbocycles. The summed E-state index contributed by atoms with van der Waals surface area (Å²) >= 11 is 5.90. The zero-order chi connectivity index (χ0) is 14.8. The minimum absolute atomic E-state index is 0.577. The van der Waals surface area contributed by atoms with Gasteiger partial charge in [-0.1, -0.05) is 29.8 Å². The van der Waals surface area contributed by atoms with Crippen molar-refractivity contribution < 1.29 is 0 Å². The fourth-order valence-corrected chi connectivity index (χ4v) is 2.27. The number of nitrogen functional groups attached to an aromatic ring is 1. The number of rotatable bonds is 3. The van der Waals surface area contributed by atoms with E-state index in [-0.39, 0.29) is 0 Å². The highest BCUT2D eigenvalue weighted by atomic mass is 35.5. The van der Waals surface area contributed by atoms with Crippen LogP contribution in [0.4, 0.5) is 5.69 Å². The van der Waals surface area contributed by atoms with E-state index in [1.807, 2.05) is 49.4 Å². The first-order valence-corrected chi connectivity index (χ1v) is 6.88. The molecule has 0 radical (unpaired) electrons. The van der Waals surface area contributed by atoms with E-state index < -0.39 is 0 Å². The quantitative estimate of drug-likeness (QED) is 0.755. The van der Waals surface area contributed by atoms with Gasteiger partial charge in [0.25, 0.3) is 0 Å². The molecule has 0 bridgehead atoms. The number of aromatic nitrogens is 4. The molecule has 0 amide bonds. The molecule has 3 aromatic rings. The summed E-state index contributed by atoms with van der Waals surface area (Å²) in [6.07, 6.45) is 0. The molecule has 21 heavy (non-hydrogen) atoms. The molecule has 106 valence electrons. The summed E-state index contributed by atoms with van der Waals surface area (Å²) in [5, 5.41) is 12.7. The first-order valence-electron chi connectivity index (χ1n) is 6.50. The van der Waals surface area contributed by atoms with E-state index in [2.05, 4.69) is 15.5 Å². The van der Waals surface area contributed by atoms with Crippen LogP contribution in [0.25, 0.3) is 11.4 Å². The van der Waals surface area contributed by atoms with Crippen molar-refractivity contribution in [3.63, 3.8) is 0 Å². The normalized spacial score (nSPS) is 10.8. The van der Waals surface area contributed by atoms with Crippen LogP contribution in [0.5, 0.6) is 0 Å². The van der Waals surface area contributed by atoms with Gasteiger partial charge in [0.2, 0.25) is 0 Å². The third kappa shape index (κ3) is 2.87. The van der Waals surface area contributed by atoms with Crippen molar-refractivity contribution in [2.75, 3.05) is 5.73 Å². The molecule has 0 saturated heterocycles. The third-order valence-corrected chi connectivity index (χ3v) is 3.53. The van der Waals surface area contributed by atoms with Crippen LogP contribution in [0.1, 0.15) is 11.1 Å². The summed E-state index contributed by atoms with van der Waals surface area (Å²) in [5.41, 5.74) is 9.65. The fraction of sp³-hybridized carbons (Fsp3) is 0.133. The van der Waals surface area contributed by atoms with Crippen LogP contribution in [0, 0.1) is 6.92 Å². The molecule has 0 aliphatic rings. The number of anilines is 1. The second kappa shape index (κ2) is 5.54. The highest BCUT2D eigenvalue weighted by molar-refractivity contribution is 6.30. The Labute approximate surface area is 127 Å². The van der Waals surface area contributed by atoms with Crippen LogP contribution >= 0.6 is 11.6 Å². The van der Waals surface area contributed by atoms with Crippen molar-refractivity contribution in [2.24, 2.45) is 0 Å². The molecule has 0 spiro atoms. The van der Waals surface area contributed by atoms with Crippen LogP contribution in [-0.2, 0) is 6.54 Å². The molecular formula is C15H14ClN5. The highest BCUT2D eigenvalue weighted by Crippen LogP contribution is 2.23. The van der Waals surface area contributed by atoms with Crippen molar-refractivity contribution >= 4 is 17.3 Å². The Morgan fingerprint density at radius 1 is 1.14 bits per heavy atom. The topological polar surface area (TPSA) is 69.6 Å². The average Bonchev–Trinajstić information content (AvgIpc) is 2.92. The van der Waals surface area contributed by atoms with Gasteiger partial charge in [-0.3, -0.25) is 0 Å². The molecule has 1 heterocycles. The van der Waals surface area contributed by atoms with Crippen molar-refractivity contribution in [1.29, 1.82) is 0 Å². The number of nitrogens with zero attached hydrogens (tertiary/aromatic N) is 4. The van der Waals surface area contributed by atoms with Gasteiger partial charge in [-0.15, -0.1) is 5.10 Å². The smallest absolute Gasteiger partial charge is 0.182 e. The standard InChI is InChI=1S/C15H14ClN5/c1-10-2-7-13(17)8-14(10)15-18-19-20-21(15)9-11-3-5-12(16)6-4-11/h2-8H,9,17H2,1H3. The maximum absolute atomic E-state index is 5.90. The van der Waals surface area contributed by atoms with E-state index in [9.17, 15) is 0 Å². The van der Waals surface area contributed by atoms with Crippen LogP contribution < -0.4 is 5.73 Å². The largest absolute Gasteiger partial charge is 0.399 e. The van der Waals surface area contributed by atoms with E-state index >= 15 is 0 Å². The van der Waals surface area contributed by atoms with E-state index in [0.29, 0.717) is 23.1 Å². The lowest BCUT2D eigenvalue weighted by Crippen LogP contribution is -2.05. The number of nitrogens with two attached hydrogens (primary N) is 1. The van der Waals surface area contributed by atoms with Gasteiger partial charge in [0.05, 0.1) is 6.54 Å². The molecule has 3 rings (SSSR count). The lowest BCUT2D eigenvalue weighted by atomic mass is 10.1. The van der Waals surface area contributed by atoms with E-state index in [1.54, 1.807) is 4.68 Å². The first-order chi connectivity index (χ1) is 10.1. The number of hydrogen-bond acceptors (Lipinski definition) is 4. The molecule has 5 nitrogen and oxygen atoms in total. The summed E-state index contributed by atoms with van der Waals surface area (Å²) in [7, 11) is 0. The Hall–Kier alpha value is -2.40. The molecule has 6 heteroatoms. The molecule has 0 unspecified atom stereocenters. The van der Waals surface area contributed by atoms with Gasteiger partial charge in [0.1, 0.15) is 0 Å². The SMILES string of the molecule is Cc1ccc(N)cc1-c1nnnn1Cc1ccc(Cl)cc1. The Kier molecular flexibility index (Phi) is 3.58. The second-order valence-electron chi connectivity index (χ2n) is 4.86. The Morgan fingerprint density at radius 3 is 2.67 bits per heavy atom. The molecular weight excluding hydrogens is 286 g/mol. The predicted molar refractivity (Wildman–Crippen MR) is 83.0 cm³/mol. The van der Waals surface area contributed by atoms with Gasteiger partial charge in [0, 0.05) is 16.3 Å². The van der Waals surface area contributed by atoms with Gasteiger partial charge < -0.3 is 5.73 Å². The average molecular weight is 300 g/mol. The third-order valence-electron chi connectivity index (χ3n) is 3.28.